The van der Waals surface area contributed by atoms with Crippen LogP contribution in [0.3, 0.4) is 0 Å². The molecular formula is C35H43N5O5. The standard InChI is InChI=1S/C35H43N5O5/c1-38(33(42)27-11-13-28(14-12-27)34(43)40-21-15-26(16-22-40)32(36)41)23-24-39-19-17-29(18-20-39)45-35(44)37-31-10-6-5-9-30(31)25-7-3-2-4-8-25/h2-14,26,29,34,43H,15-24H2,1H3,(H2,36,41)(H,37,44). The summed E-state index contributed by atoms with van der Waals surface area (Å²) < 4.78 is 5.75. The fraction of sp³-hybridized carbons (Fsp3) is 0.400. The molecule has 10 nitrogen and oxygen atoms in total. The summed E-state index contributed by atoms with van der Waals surface area (Å²) in [6.07, 6.45) is 1.34. The molecule has 1 unspecified atom stereocenters. The SMILES string of the molecule is CN(CCN1CCC(OC(=O)Nc2ccccc2-c2ccccc2)CC1)C(=O)c1ccc(C(O)N2CCC(C(N)=O)CC2)cc1. The van der Waals surface area contributed by atoms with Crippen LogP contribution in [-0.2, 0) is 9.53 Å². The number of nitrogens with two attached hydrogens (primary N) is 1. The fourth-order valence-electron chi connectivity index (χ4n) is 6.05. The van der Waals surface area contributed by atoms with Crippen molar-refractivity contribution in [3.63, 3.8) is 0 Å². The molecule has 4 N–H and O–H groups in total. The minimum absolute atomic E-state index is 0.0796. The van der Waals surface area contributed by atoms with Crippen LogP contribution in [0.5, 0.6) is 0 Å². The number of aliphatic hydroxyl groups excluding tert-OH is 1. The largest absolute Gasteiger partial charge is 0.446 e. The maximum atomic E-state index is 13.1. The number of carbonyl (C=O) groups is 3. The van der Waals surface area contributed by atoms with E-state index in [2.05, 4.69) is 10.2 Å². The lowest BCUT2D eigenvalue weighted by atomic mass is 9.95. The first-order chi connectivity index (χ1) is 21.8. The normalized spacial score (nSPS) is 17.4. The second-order valence-corrected chi connectivity index (χ2v) is 11.9. The van der Waals surface area contributed by atoms with Crippen LogP contribution in [-0.4, -0.2) is 90.1 Å². The number of amides is 3. The van der Waals surface area contributed by atoms with Crippen LogP contribution in [0.2, 0.25) is 0 Å². The van der Waals surface area contributed by atoms with Gasteiger partial charge in [-0.3, -0.25) is 19.8 Å². The number of likely N-dealkylation sites (N-methyl/N-ethyl adjacent to an activating group) is 1. The van der Waals surface area contributed by atoms with Crippen LogP contribution in [0.4, 0.5) is 10.5 Å². The molecule has 10 heteroatoms. The van der Waals surface area contributed by atoms with Gasteiger partial charge in [0.15, 0.2) is 0 Å². The maximum Gasteiger partial charge on any atom is 0.411 e. The zero-order chi connectivity index (χ0) is 31.8. The zero-order valence-corrected chi connectivity index (χ0v) is 25.8. The smallest absolute Gasteiger partial charge is 0.411 e. The van der Waals surface area contributed by atoms with Crippen molar-refractivity contribution in [1.29, 1.82) is 0 Å². The Hall–Kier alpha value is -4.25. The van der Waals surface area contributed by atoms with Gasteiger partial charge in [-0.05, 0) is 55.0 Å². The van der Waals surface area contributed by atoms with Gasteiger partial charge in [0.1, 0.15) is 12.3 Å². The monoisotopic (exact) mass is 613 g/mol. The Bertz CT molecular complexity index is 1430. The Balaban J connectivity index is 1.03. The van der Waals surface area contributed by atoms with Gasteiger partial charge in [0.05, 0.1) is 5.69 Å². The number of para-hydroxylation sites is 1. The predicted molar refractivity (Wildman–Crippen MR) is 173 cm³/mol. The number of carbonyl (C=O) groups excluding carboxylic acids is 3. The molecule has 2 aliphatic heterocycles. The number of primary amides is 1. The third kappa shape index (κ3) is 8.48. The highest BCUT2D eigenvalue weighted by Gasteiger charge is 2.28. The van der Waals surface area contributed by atoms with Crippen molar-refractivity contribution in [1.82, 2.24) is 14.7 Å². The molecule has 3 amide bonds. The molecule has 0 spiro atoms. The summed E-state index contributed by atoms with van der Waals surface area (Å²) in [6, 6.07) is 24.7. The van der Waals surface area contributed by atoms with E-state index >= 15 is 0 Å². The molecule has 2 aliphatic rings. The lowest BCUT2D eigenvalue weighted by Crippen LogP contribution is -2.42. The maximum absolute atomic E-state index is 13.1. The topological polar surface area (TPSA) is 128 Å². The number of nitrogens with one attached hydrogen (secondary N) is 1. The van der Waals surface area contributed by atoms with E-state index in [0.717, 1.165) is 43.6 Å². The molecule has 45 heavy (non-hydrogen) atoms. The molecule has 2 heterocycles. The Morgan fingerprint density at radius 1 is 0.911 bits per heavy atom. The Labute approximate surface area is 264 Å². The number of anilines is 1. The van der Waals surface area contributed by atoms with Gasteiger partial charge in [0.2, 0.25) is 5.91 Å². The van der Waals surface area contributed by atoms with Crippen molar-refractivity contribution in [2.75, 3.05) is 51.6 Å². The Kier molecular flexibility index (Phi) is 10.8. The van der Waals surface area contributed by atoms with E-state index in [0.29, 0.717) is 49.3 Å². The second-order valence-electron chi connectivity index (χ2n) is 11.9. The number of ether oxygens (including phenoxy) is 1. The minimum Gasteiger partial charge on any atom is -0.446 e. The van der Waals surface area contributed by atoms with E-state index in [1.807, 2.05) is 59.5 Å². The Morgan fingerprint density at radius 3 is 2.22 bits per heavy atom. The molecule has 0 radical (unpaired) electrons. The van der Waals surface area contributed by atoms with Crippen molar-refractivity contribution >= 4 is 23.6 Å². The van der Waals surface area contributed by atoms with Crippen molar-refractivity contribution in [3.05, 3.63) is 90.0 Å². The number of hydrogen-bond donors (Lipinski definition) is 3. The fourth-order valence-corrected chi connectivity index (χ4v) is 6.05. The molecular weight excluding hydrogens is 570 g/mol. The third-order valence-corrected chi connectivity index (χ3v) is 8.89. The molecule has 5 rings (SSSR count). The second kappa shape index (κ2) is 15.2. The van der Waals surface area contributed by atoms with Crippen molar-refractivity contribution in [3.8, 4) is 11.1 Å². The van der Waals surface area contributed by atoms with Crippen LogP contribution in [0, 0.1) is 5.92 Å². The highest BCUT2D eigenvalue weighted by atomic mass is 16.6. The van der Waals surface area contributed by atoms with Gasteiger partial charge < -0.3 is 25.4 Å². The minimum atomic E-state index is -0.788. The Morgan fingerprint density at radius 2 is 1.56 bits per heavy atom. The van der Waals surface area contributed by atoms with Gasteiger partial charge in [-0.15, -0.1) is 0 Å². The van der Waals surface area contributed by atoms with Gasteiger partial charge in [0.25, 0.3) is 5.91 Å². The van der Waals surface area contributed by atoms with E-state index < -0.39 is 12.3 Å². The number of nitrogens with zero attached hydrogens (tertiary/aromatic N) is 3. The van der Waals surface area contributed by atoms with Gasteiger partial charge in [-0.2, -0.15) is 0 Å². The molecule has 3 aromatic rings. The number of rotatable bonds is 10. The quantitative estimate of drug-likeness (QED) is 0.311. The van der Waals surface area contributed by atoms with Gasteiger partial charge in [0, 0.05) is 63.4 Å². The van der Waals surface area contributed by atoms with Crippen LogP contribution < -0.4 is 11.1 Å². The van der Waals surface area contributed by atoms with Crippen molar-refractivity contribution in [2.45, 2.75) is 38.0 Å². The first-order valence-corrected chi connectivity index (χ1v) is 15.7. The molecule has 0 aliphatic carbocycles. The number of likely N-dealkylation sites (tertiary alicyclic amines) is 2. The van der Waals surface area contributed by atoms with E-state index in [9.17, 15) is 19.5 Å². The summed E-state index contributed by atoms with van der Waals surface area (Å²) in [5.74, 6) is -0.496. The molecule has 238 valence electrons. The summed E-state index contributed by atoms with van der Waals surface area (Å²) in [4.78, 5) is 43.1. The van der Waals surface area contributed by atoms with Crippen LogP contribution in [0.1, 0.15) is 47.8 Å². The molecule has 0 bridgehead atoms. The first-order valence-electron chi connectivity index (χ1n) is 15.7. The van der Waals surface area contributed by atoms with E-state index in [1.165, 1.54) is 0 Å². The van der Waals surface area contributed by atoms with Crippen LogP contribution in [0.15, 0.2) is 78.9 Å². The lowest BCUT2D eigenvalue weighted by molar-refractivity contribution is -0.124. The number of piperidine rings is 2. The number of hydrogen-bond acceptors (Lipinski definition) is 7. The number of aliphatic hydroxyl groups is 1. The highest BCUT2D eigenvalue weighted by Crippen LogP contribution is 2.28. The average Bonchev–Trinajstić information content (AvgIpc) is 3.08. The molecule has 3 aromatic carbocycles. The van der Waals surface area contributed by atoms with Crippen LogP contribution >= 0.6 is 0 Å². The third-order valence-electron chi connectivity index (χ3n) is 8.89. The number of benzene rings is 3. The molecule has 2 fully saturated rings. The van der Waals surface area contributed by atoms with Gasteiger partial charge >= 0.3 is 6.09 Å². The van der Waals surface area contributed by atoms with Gasteiger partial charge in [-0.1, -0.05) is 60.7 Å². The summed E-state index contributed by atoms with van der Waals surface area (Å²) >= 11 is 0. The summed E-state index contributed by atoms with van der Waals surface area (Å²) in [7, 11) is 1.79. The summed E-state index contributed by atoms with van der Waals surface area (Å²) in [5.41, 5.74) is 9.37. The van der Waals surface area contributed by atoms with E-state index in [-0.39, 0.29) is 23.8 Å². The van der Waals surface area contributed by atoms with E-state index in [4.69, 9.17) is 10.5 Å². The predicted octanol–water partition coefficient (Wildman–Crippen LogP) is 4.33. The average molecular weight is 614 g/mol. The van der Waals surface area contributed by atoms with Gasteiger partial charge in [-0.25, -0.2) is 4.79 Å². The molecule has 0 saturated carbocycles. The van der Waals surface area contributed by atoms with Crippen molar-refractivity contribution < 1.29 is 24.2 Å². The first kappa shape index (κ1) is 32.2. The summed E-state index contributed by atoms with van der Waals surface area (Å²) in [6.45, 7) is 4.05. The summed E-state index contributed by atoms with van der Waals surface area (Å²) in [5, 5.41) is 13.7. The highest BCUT2D eigenvalue weighted by molar-refractivity contribution is 5.94. The van der Waals surface area contributed by atoms with Crippen molar-refractivity contribution in [2.24, 2.45) is 11.7 Å². The molecule has 1 atom stereocenters. The zero-order valence-electron chi connectivity index (χ0n) is 25.8. The van der Waals surface area contributed by atoms with E-state index in [1.54, 1.807) is 36.2 Å². The molecule has 0 aromatic heterocycles. The lowest BCUT2D eigenvalue weighted by Gasteiger charge is -2.34. The molecule has 2 saturated heterocycles. The van der Waals surface area contributed by atoms with Crippen LogP contribution in [0.25, 0.3) is 11.1 Å².